The minimum absolute atomic E-state index is 0.762. The molecule has 2 heterocycles. The molecule has 1 saturated heterocycles. The monoisotopic (exact) mass is 270 g/mol. The zero-order valence-corrected chi connectivity index (χ0v) is 12.1. The predicted molar refractivity (Wildman–Crippen MR) is 81.6 cm³/mol. The zero-order chi connectivity index (χ0) is 13.8. The lowest BCUT2D eigenvalue weighted by Crippen LogP contribution is -2.21. The number of aromatic nitrogens is 1. The summed E-state index contributed by atoms with van der Waals surface area (Å²) in [5.41, 5.74) is 2.43. The highest BCUT2D eigenvalue weighted by molar-refractivity contribution is 5.78. The maximum Gasteiger partial charge on any atom is 0.0702 e. The summed E-state index contributed by atoms with van der Waals surface area (Å²) in [7, 11) is 2.20. The normalized spacial score (nSPS) is 19.0. The van der Waals surface area contributed by atoms with E-state index in [2.05, 4.69) is 41.2 Å². The lowest BCUT2D eigenvalue weighted by molar-refractivity contribution is 0.180. The van der Waals surface area contributed by atoms with Crippen molar-refractivity contribution in [2.75, 3.05) is 26.8 Å². The van der Waals surface area contributed by atoms with E-state index >= 15 is 0 Å². The van der Waals surface area contributed by atoms with Crippen LogP contribution < -0.4 is 0 Å². The third-order valence-corrected chi connectivity index (χ3v) is 4.06. The van der Waals surface area contributed by atoms with E-state index in [-0.39, 0.29) is 0 Å². The van der Waals surface area contributed by atoms with E-state index in [1.165, 1.54) is 23.8 Å². The molecule has 0 spiro atoms. The second-order valence-electron chi connectivity index (χ2n) is 5.79. The van der Waals surface area contributed by atoms with E-state index in [0.717, 1.165) is 37.7 Å². The number of rotatable bonds is 5. The molecule has 1 atom stereocenters. The number of fused-ring (bicyclic) bond motifs is 1. The van der Waals surface area contributed by atoms with E-state index in [9.17, 15) is 0 Å². The molecule has 1 fully saturated rings. The highest BCUT2D eigenvalue weighted by Gasteiger charge is 2.15. The van der Waals surface area contributed by atoms with Gasteiger partial charge in [-0.15, -0.1) is 0 Å². The number of benzene rings is 1. The van der Waals surface area contributed by atoms with Crippen molar-refractivity contribution in [1.82, 2.24) is 9.88 Å². The van der Waals surface area contributed by atoms with Gasteiger partial charge in [-0.2, -0.15) is 0 Å². The molecule has 0 radical (unpaired) electrons. The summed E-state index contributed by atoms with van der Waals surface area (Å²) < 4.78 is 5.43. The third-order valence-electron chi connectivity index (χ3n) is 4.06. The first-order valence-corrected chi connectivity index (χ1v) is 7.41. The van der Waals surface area contributed by atoms with Gasteiger partial charge in [0.15, 0.2) is 0 Å². The van der Waals surface area contributed by atoms with Gasteiger partial charge in [-0.3, -0.25) is 4.98 Å². The third kappa shape index (κ3) is 3.35. The molecular formula is C17H22N2O. The Hall–Kier alpha value is -1.45. The van der Waals surface area contributed by atoms with Crippen LogP contribution in [-0.4, -0.2) is 36.7 Å². The van der Waals surface area contributed by atoms with Crippen molar-refractivity contribution in [2.24, 2.45) is 5.92 Å². The van der Waals surface area contributed by atoms with Gasteiger partial charge in [-0.25, -0.2) is 0 Å². The molecule has 2 aromatic rings. The minimum atomic E-state index is 0.762. The molecule has 0 saturated carbocycles. The highest BCUT2D eigenvalue weighted by Crippen LogP contribution is 2.18. The van der Waals surface area contributed by atoms with Gasteiger partial charge in [0.1, 0.15) is 0 Å². The minimum Gasteiger partial charge on any atom is -0.381 e. The molecule has 0 unspecified atom stereocenters. The van der Waals surface area contributed by atoms with E-state index in [1.807, 2.05) is 12.3 Å². The average molecular weight is 270 g/mol. The molecule has 3 nitrogen and oxygen atoms in total. The predicted octanol–water partition coefficient (Wildman–Crippen LogP) is 3.09. The van der Waals surface area contributed by atoms with Crippen molar-refractivity contribution in [3.8, 4) is 0 Å². The van der Waals surface area contributed by atoms with Crippen LogP contribution in [-0.2, 0) is 11.3 Å². The summed E-state index contributed by atoms with van der Waals surface area (Å²) in [5, 5.41) is 1.22. The van der Waals surface area contributed by atoms with Crippen LogP contribution in [0.25, 0.3) is 10.9 Å². The largest absolute Gasteiger partial charge is 0.381 e. The van der Waals surface area contributed by atoms with Crippen molar-refractivity contribution in [3.63, 3.8) is 0 Å². The molecule has 0 bridgehead atoms. The maximum absolute atomic E-state index is 5.43. The summed E-state index contributed by atoms with van der Waals surface area (Å²) in [6.07, 6.45) is 4.32. The van der Waals surface area contributed by atoms with Crippen LogP contribution in [0.3, 0.4) is 0 Å². The Bertz CT molecular complexity index is 564. The van der Waals surface area contributed by atoms with Crippen LogP contribution in [0.5, 0.6) is 0 Å². The van der Waals surface area contributed by atoms with Gasteiger partial charge in [0.2, 0.25) is 0 Å². The molecule has 1 aromatic carbocycles. The average Bonchev–Trinajstić information content (AvgIpc) is 2.98. The second kappa shape index (κ2) is 6.33. The summed E-state index contributed by atoms with van der Waals surface area (Å²) in [6.45, 7) is 4.04. The van der Waals surface area contributed by atoms with Gasteiger partial charge < -0.3 is 9.64 Å². The molecule has 0 aliphatic carbocycles. The smallest absolute Gasteiger partial charge is 0.0702 e. The Morgan fingerprint density at radius 3 is 3.15 bits per heavy atom. The molecule has 0 N–H and O–H groups in total. The van der Waals surface area contributed by atoms with Crippen molar-refractivity contribution in [2.45, 2.75) is 19.4 Å². The second-order valence-corrected chi connectivity index (χ2v) is 5.79. The fraction of sp³-hybridized carbons (Fsp3) is 0.471. The van der Waals surface area contributed by atoms with Crippen LogP contribution in [0.4, 0.5) is 0 Å². The molecule has 1 aliphatic rings. The molecule has 3 heteroatoms. The molecule has 106 valence electrons. The lowest BCUT2D eigenvalue weighted by atomic mass is 10.0. The number of hydrogen-bond acceptors (Lipinski definition) is 3. The Morgan fingerprint density at radius 2 is 2.30 bits per heavy atom. The first-order chi connectivity index (χ1) is 9.81. The molecule has 3 rings (SSSR count). The standard InChI is InChI=1S/C17H22N2O/c1-19(9-6-14-7-10-20-13-14)12-15-4-5-17-16(11-15)3-2-8-18-17/h2-5,8,11,14H,6-7,9-10,12-13H2,1H3/t14-/m0/s1. The van der Waals surface area contributed by atoms with Crippen molar-refractivity contribution < 1.29 is 4.74 Å². The molecular weight excluding hydrogens is 248 g/mol. The van der Waals surface area contributed by atoms with Crippen LogP contribution in [0, 0.1) is 5.92 Å². The van der Waals surface area contributed by atoms with Crippen molar-refractivity contribution >= 4 is 10.9 Å². The maximum atomic E-state index is 5.43. The fourth-order valence-electron chi connectivity index (χ4n) is 2.83. The number of hydrogen-bond donors (Lipinski definition) is 0. The SMILES string of the molecule is CN(CC[C@H]1CCOC1)Cc1ccc2ncccc2c1. The summed E-state index contributed by atoms with van der Waals surface area (Å²) in [6, 6.07) is 10.7. The lowest BCUT2D eigenvalue weighted by Gasteiger charge is -2.18. The molecule has 20 heavy (non-hydrogen) atoms. The van der Waals surface area contributed by atoms with Gasteiger partial charge >= 0.3 is 0 Å². The van der Waals surface area contributed by atoms with Crippen LogP contribution in [0.2, 0.25) is 0 Å². The van der Waals surface area contributed by atoms with Crippen molar-refractivity contribution in [1.29, 1.82) is 0 Å². The van der Waals surface area contributed by atoms with Gasteiger partial charge in [0, 0.05) is 31.3 Å². The number of pyridine rings is 1. The number of nitrogens with zero attached hydrogens (tertiary/aromatic N) is 2. The van der Waals surface area contributed by atoms with Gasteiger partial charge in [-0.05, 0) is 56.1 Å². The Labute approximate surface area is 120 Å². The van der Waals surface area contributed by atoms with E-state index < -0.39 is 0 Å². The summed E-state index contributed by atoms with van der Waals surface area (Å²) >= 11 is 0. The van der Waals surface area contributed by atoms with Gasteiger partial charge in [0.25, 0.3) is 0 Å². The molecule has 1 aromatic heterocycles. The van der Waals surface area contributed by atoms with Crippen LogP contribution in [0.15, 0.2) is 36.5 Å². The Balaban J connectivity index is 1.57. The van der Waals surface area contributed by atoms with Gasteiger partial charge in [0.05, 0.1) is 5.52 Å². The quantitative estimate of drug-likeness (QED) is 0.835. The van der Waals surface area contributed by atoms with Crippen LogP contribution >= 0.6 is 0 Å². The first-order valence-electron chi connectivity index (χ1n) is 7.41. The van der Waals surface area contributed by atoms with E-state index in [4.69, 9.17) is 4.74 Å². The topological polar surface area (TPSA) is 25.4 Å². The summed E-state index contributed by atoms with van der Waals surface area (Å²) in [4.78, 5) is 6.76. The number of ether oxygens (including phenoxy) is 1. The van der Waals surface area contributed by atoms with E-state index in [0.29, 0.717) is 0 Å². The zero-order valence-electron chi connectivity index (χ0n) is 12.1. The first kappa shape index (κ1) is 13.5. The highest BCUT2D eigenvalue weighted by atomic mass is 16.5. The molecule has 0 amide bonds. The van der Waals surface area contributed by atoms with E-state index in [1.54, 1.807) is 0 Å². The Kier molecular flexibility index (Phi) is 4.28. The Morgan fingerprint density at radius 1 is 1.35 bits per heavy atom. The fourth-order valence-corrected chi connectivity index (χ4v) is 2.83. The molecule has 1 aliphatic heterocycles. The van der Waals surface area contributed by atoms with Crippen molar-refractivity contribution in [3.05, 3.63) is 42.1 Å². The van der Waals surface area contributed by atoms with Gasteiger partial charge in [-0.1, -0.05) is 12.1 Å². The van der Waals surface area contributed by atoms with Crippen LogP contribution in [0.1, 0.15) is 18.4 Å². The summed E-state index contributed by atoms with van der Waals surface area (Å²) in [5.74, 6) is 0.762.